The van der Waals surface area contributed by atoms with Gasteiger partial charge in [0.2, 0.25) is 0 Å². The Kier molecular flexibility index (Phi) is 6.58. The van der Waals surface area contributed by atoms with Crippen LogP contribution in [0.1, 0.15) is 49.0 Å². The Bertz CT molecular complexity index is 1390. The van der Waals surface area contributed by atoms with Gasteiger partial charge in [-0.1, -0.05) is 0 Å². The second-order valence-corrected chi connectivity index (χ2v) is 9.09. The first-order valence-electron chi connectivity index (χ1n) is 12.3. The van der Waals surface area contributed by atoms with E-state index in [0.29, 0.717) is 0 Å². The predicted octanol–water partition coefficient (Wildman–Crippen LogP) is 4.33. The lowest BCUT2D eigenvalue weighted by Crippen LogP contribution is -2.26. The molecule has 1 saturated carbocycles. The molecule has 1 aliphatic carbocycles. The number of carbonyl (C=O) groups is 1. The van der Waals surface area contributed by atoms with Crippen molar-refractivity contribution in [1.82, 2.24) is 29.9 Å². The molecular weight excluding hydrogens is 461 g/mol. The van der Waals surface area contributed by atoms with Crippen LogP contribution in [0.4, 0.5) is 10.2 Å². The Balaban J connectivity index is 1.35. The molecule has 3 aromatic heterocycles. The number of hydrogen-bond acceptors (Lipinski definition) is 6. The summed E-state index contributed by atoms with van der Waals surface area (Å²) in [6.45, 7) is 2.83. The maximum absolute atomic E-state index is 14.5. The van der Waals surface area contributed by atoms with Gasteiger partial charge in [0.05, 0.1) is 23.9 Å². The molecular formula is C26H30FN7O2. The van der Waals surface area contributed by atoms with Crippen molar-refractivity contribution >= 4 is 22.6 Å². The molecule has 1 amide bonds. The van der Waals surface area contributed by atoms with Gasteiger partial charge in [0.15, 0.2) is 11.6 Å². The van der Waals surface area contributed by atoms with Crippen LogP contribution >= 0.6 is 0 Å². The number of amides is 1. The lowest BCUT2D eigenvalue weighted by atomic mass is 9.93. The number of ether oxygens (including phenoxy) is 1. The zero-order valence-electron chi connectivity index (χ0n) is 20.7. The van der Waals surface area contributed by atoms with Crippen LogP contribution in [0.25, 0.3) is 22.2 Å². The van der Waals surface area contributed by atoms with Crippen LogP contribution in [0.3, 0.4) is 0 Å². The molecule has 1 fully saturated rings. The SMILES string of the molecule is CCNc1cc2c(cn1)c(-c1cnn(C)c1)nn2C1CCC(Oc2ccc(C(=O)NC)cc2F)CC1. The fraction of sp³-hybridized carbons (Fsp3) is 0.385. The quantitative estimate of drug-likeness (QED) is 0.399. The fourth-order valence-corrected chi connectivity index (χ4v) is 4.81. The highest BCUT2D eigenvalue weighted by Crippen LogP contribution is 2.36. The van der Waals surface area contributed by atoms with Crippen LogP contribution in [0, 0.1) is 5.82 Å². The Morgan fingerprint density at radius 1 is 1.19 bits per heavy atom. The molecule has 0 spiro atoms. The summed E-state index contributed by atoms with van der Waals surface area (Å²) in [4.78, 5) is 16.3. The average molecular weight is 492 g/mol. The van der Waals surface area contributed by atoms with Gasteiger partial charge in [-0.25, -0.2) is 9.37 Å². The summed E-state index contributed by atoms with van der Waals surface area (Å²) in [5, 5.41) is 16.1. The third-order valence-electron chi connectivity index (χ3n) is 6.63. The third kappa shape index (κ3) is 4.62. The molecule has 0 aliphatic heterocycles. The molecule has 4 aromatic rings. The number of benzene rings is 1. The monoisotopic (exact) mass is 491 g/mol. The number of nitrogens with one attached hydrogen (secondary N) is 2. The standard InChI is InChI=1S/C26H30FN7O2/c1-4-29-24-12-22-20(14-30-24)25(17-13-31-33(3)15-17)32-34(22)18-6-8-19(9-7-18)36-23-10-5-16(11-21(23)27)26(35)28-2/h5,10-15,18-19H,4,6-9H2,1-3H3,(H,28,35)(H,29,30). The molecule has 10 heteroatoms. The van der Waals surface area contributed by atoms with Gasteiger partial charge in [0.1, 0.15) is 11.5 Å². The zero-order chi connectivity index (χ0) is 25.2. The predicted molar refractivity (Wildman–Crippen MR) is 136 cm³/mol. The number of rotatable bonds is 7. The highest BCUT2D eigenvalue weighted by molar-refractivity contribution is 5.94. The van der Waals surface area contributed by atoms with Gasteiger partial charge in [-0.2, -0.15) is 10.2 Å². The van der Waals surface area contributed by atoms with Crippen LogP contribution in [-0.2, 0) is 7.05 Å². The number of pyridine rings is 1. The van der Waals surface area contributed by atoms with Gasteiger partial charge in [-0.05, 0) is 50.8 Å². The number of carbonyl (C=O) groups excluding carboxylic acids is 1. The van der Waals surface area contributed by atoms with Gasteiger partial charge < -0.3 is 15.4 Å². The molecule has 0 saturated heterocycles. The van der Waals surface area contributed by atoms with E-state index in [1.165, 1.54) is 19.2 Å². The van der Waals surface area contributed by atoms with Crippen LogP contribution in [-0.4, -0.2) is 50.1 Å². The highest BCUT2D eigenvalue weighted by Gasteiger charge is 2.27. The minimum atomic E-state index is -0.527. The van der Waals surface area contributed by atoms with E-state index >= 15 is 0 Å². The summed E-state index contributed by atoms with van der Waals surface area (Å²) in [7, 11) is 3.41. The molecule has 0 unspecified atom stereocenters. The van der Waals surface area contributed by atoms with Crippen LogP contribution in [0.2, 0.25) is 0 Å². The van der Waals surface area contributed by atoms with E-state index in [2.05, 4.69) is 31.5 Å². The number of aryl methyl sites for hydroxylation is 1. The van der Waals surface area contributed by atoms with Gasteiger partial charge in [-0.15, -0.1) is 0 Å². The Hall–Kier alpha value is -3.95. The Labute approximate surface area is 208 Å². The molecule has 3 heterocycles. The lowest BCUT2D eigenvalue weighted by molar-refractivity contribution is 0.0962. The fourth-order valence-electron chi connectivity index (χ4n) is 4.81. The Morgan fingerprint density at radius 2 is 2.00 bits per heavy atom. The minimum Gasteiger partial charge on any atom is -0.487 e. The van der Waals surface area contributed by atoms with Crippen molar-refractivity contribution in [3.8, 4) is 17.0 Å². The van der Waals surface area contributed by atoms with Crippen molar-refractivity contribution in [1.29, 1.82) is 0 Å². The first-order valence-corrected chi connectivity index (χ1v) is 12.3. The van der Waals surface area contributed by atoms with Gasteiger partial charge in [0.25, 0.3) is 5.91 Å². The summed E-state index contributed by atoms with van der Waals surface area (Å²) in [6, 6.07) is 6.57. The Morgan fingerprint density at radius 3 is 2.67 bits per heavy atom. The summed E-state index contributed by atoms with van der Waals surface area (Å²) in [6.07, 6.45) is 8.80. The zero-order valence-corrected chi connectivity index (χ0v) is 20.7. The lowest BCUT2D eigenvalue weighted by Gasteiger charge is -2.29. The van der Waals surface area contributed by atoms with E-state index in [4.69, 9.17) is 9.84 Å². The number of halogens is 1. The summed E-state index contributed by atoms with van der Waals surface area (Å²) in [5.41, 5.74) is 3.12. The molecule has 0 bridgehead atoms. The van der Waals surface area contributed by atoms with E-state index in [1.807, 2.05) is 32.6 Å². The molecule has 1 aliphatic rings. The third-order valence-corrected chi connectivity index (χ3v) is 6.63. The average Bonchev–Trinajstić information content (AvgIpc) is 3.48. The number of hydrogen-bond donors (Lipinski definition) is 2. The smallest absolute Gasteiger partial charge is 0.251 e. The summed E-state index contributed by atoms with van der Waals surface area (Å²) in [5.74, 6) is 0.138. The first-order chi connectivity index (χ1) is 17.5. The molecule has 2 N–H and O–H groups in total. The molecule has 0 radical (unpaired) electrons. The number of nitrogens with zero attached hydrogens (tertiary/aromatic N) is 5. The number of aromatic nitrogens is 5. The van der Waals surface area contributed by atoms with Crippen molar-refractivity contribution in [3.05, 3.63) is 54.2 Å². The van der Waals surface area contributed by atoms with Gasteiger partial charge >= 0.3 is 0 Å². The van der Waals surface area contributed by atoms with E-state index in [-0.39, 0.29) is 29.4 Å². The molecule has 0 atom stereocenters. The number of fused-ring (bicyclic) bond motifs is 1. The van der Waals surface area contributed by atoms with Crippen molar-refractivity contribution in [2.45, 2.75) is 44.8 Å². The molecule has 1 aromatic carbocycles. The van der Waals surface area contributed by atoms with Crippen molar-refractivity contribution in [2.24, 2.45) is 7.05 Å². The number of anilines is 1. The normalized spacial score (nSPS) is 17.8. The van der Waals surface area contributed by atoms with Gasteiger partial charge in [-0.3, -0.25) is 14.2 Å². The maximum Gasteiger partial charge on any atom is 0.251 e. The molecule has 9 nitrogen and oxygen atoms in total. The topological polar surface area (TPSA) is 98.9 Å². The molecule has 36 heavy (non-hydrogen) atoms. The second kappa shape index (κ2) is 9.96. The minimum absolute atomic E-state index is 0.0970. The van der Waals surface area contributed by atoms with E-state index < -0.39 is 5.82 Å². The van der Waals surface area contributed by atoms with E-state index in [1.54, 1.807) is 10.7 Å². The summed E-state index contributed by atoms with van der Waals surface area (Å²) < 4.78 is 24.4. The largest absolute Gasteiger partial charge is 0.487 e. The van der Waals surface area contributed by atoms with Gasteiger partial charge in [0, 0.05) is 55.6 Å². The van der Waals surface area contributed by atoms with Crippen LogP contribution < -0.4 is 15.4 Å². The highest BCUT2D eigenvalue weighted by atomic mass is 19.1. The van der Waals surface area contributed by atoms with E-state index in [9.17, 15) is 9.18 Å². The second-order valence-electron chi connectivity index (χ2n) is 9.09. The first kappa shape index (κ1) is 23.8. The van der Waals surface area contributed by atoms with Crippen LogP contribution in [0.15, 0.2) is 42.9 Å². The van der Waals surface area contributed by atoms with Crippen LogP contribution in [0.5, 0.6) is 5.75 Å². The van der Waals surface area contributed by atoms with E-state index in [0.717, 1.165) is 60.2 Å². The molecule has 188 valence electrons. The van der Waals surface area contributed by atoms with Crippen molar-refractivity contribution in [2.75, 3.05) is 18.9 Å². The van der Waals surface area contributed by atoms with Crippen molar-refractivity contribution in [3.63, 3.8) is 0 Å². The van der Waals surface area contributed by atoms with Crippen molar-refractivity contribution < 1.29 is 13.9 Å². The summed E-state index contributed by atoms with van der Waals surface area (Å²) >= 11 is 0. The molecule has 5 rings (SSSR count). The maximum atomic E-state index is 14.5.